The SMILES string of the molecule is CN(CCCC(C#N)(c1ccccc1Br)C1CC1)CCc1ccccc1. The number of rotatable bonds is 9. The molecule has 0 aromatic heterocycles. The molecule has 0 aliphatic heterocycles. The first-order valence-corrected chi connectivity index (χ1v) is 10.3. The number of hydrogen-bond donors (Lipinski definition) is 0. The van der Waals surface area contributed by atoms with Gasteiger partial charge >= 0.3 is 0 Å². The van der Waals surface area contributed by atoms with Gasteiger partial charge in [0.2, 0.25) is 0 Å². The van der Waals surface area contributed by atoms with Crippen LogP contribution in [-0.4, -0.2) is 25.0 Å². The van der Waals surface area contributed by atoms with E-state index < -0.39 is 0 Å². The minimum atomic E-state index is -0.333. The van der Waals surface area contributed by atoms with Crippen LogP contribution in [0.3, 0.4) is 0 Å². The molecule has 136 valence electrons. The van der Waals surface area contributed by atoms with Crippen LogP contribution in [0.1, 0.15) is 36.8 Å². The smallest absolute Gasteiger partial charge is 0.0861 e. The van der Waals surface area contributed by atoms with Gasteiger partial charge in [-0.15, -0.1) is 0 Å². The molecule has 1 saturated carbocycles. The van der Waals surface area contributed by atoms with E-state index in [0.717, 1.165) is 36.8 Å². The average Bonchev–Trinajstić information content (AvgIpc) is 3.51. The topological polar surface area (TPSA) is 27.0 Å². The number of nitriles is 1. The Balaban J connectivity index is 1.57. The molecule has 0 amide bonds. The lowest BCUT2D eigenvalue weighted by Gasteiger charge is -2.29. The van der Waals surface area contributed by atoms with Gasteiger partial charge in [0.1, 0.15) is 0 Å². The fraction of sp³-hybridized carbons (Fsp3) is 0.435. The van der Waals surface area contributed by atoms with Crippen molar-refractivity contribution in [3.63, 3.8) is 0 Å². The Morgan fingerprint density at radius 3 is 2.42 bits per heavy atom. The third-order valence-electron chi connectivity index (χ3n) is 5.56. The number of hydrogen-bond acceptors (Lipinski definition) is 2. The van der Waals surface area contributed by atoms with E-state index in [9.17, 15) is 5.26 Å². The minimum Gasteiger partial charge on any atom is -0.306 e. The molecule has 3 rings (SSSR count). The van der Waals surface area contributed by atoms with Crippen LogP contribution in [0.15, 0.2) is 59.1 Å². The Labute approximate surface area is 166 Å². The van der Waals surface area contributed by atoms with E-state index in [2.05, 4.69) is 82.5 Å². The van der Waals surface area contributed by atoms with E-state index in [4.69, 9.17) is 0 Å². The van der Waals surface area contributed by atoms with Gasteiger partial charge in [-0.05, 0) is 68.8 Å². The molecule has 0 heterocycles. The quantitative estimate of drug-likeness (QED) is 0.539. The molecule has 0 radical (unpaired) electrons. The maximum absolute atomic E-state index is 10.1. The highest BCUT2D eigenvalue weighted by molar-refractivity contribution is 9.10. The van der Waals surface area contributed by atoms with Crippen LogP contribution in [0, 0.1) is 17.2 Å². The Morgan fingerprint density at radius 1 is 1.08 bits per heavy atom. The summed E-state index contributed by atoms with van der Waals surface area (Å²) in [5.41, 5.74) is 2.23. The maximum Gasteiger partial charge on any atom is 0.0861 e. The molecule has 2 aromatic carbocycles. The molecule has 1 aliphatic rings. The van der Waals surface area contributed by atoms with Crippen LogP contribution in [0.4, 0.5) is 0 Å². The first-order chi connectivity index (χ1) is 12.7. The normalized spacial score (nSPS) is 16.2. The van der Waals surface area contributed by atoms with Gasteiger partial charge in [-0.25, -0.2) is 0 Å². The van der Waals surface area contributed by atoms with Crippen molar-refractivity contribution in [2.45, 2.75) is 37.5 Å². The largest absolute Gasteiger partial charge is 0.306 e. The molecule has 0 N–H and O–H groups in total. The van der Waals surface area contributed by atoms with E-state index >= 15 is 0 Å². The first-order valence-electron chi connectivity index (χ1n) is 9.54. The first kappa shape index (κ1) is 19.1. The third-order valence-corrected chi connectivity index (χ3v) is 6.26. The summed E-state index contributed by atoms with van der Waals surface area (Å²) in [4.78, 5) is 2.39. The van der Waals surface area contributed by atoms with E-state index in [1.807, 2.05) is 6.07 Å². The molecule has 1 unspecified atom stereocenters. The average molecular weight is 411 g/mol. The lowest BCUT2D eigenvalue weighted by atomic mass is 9.74. The lowest BCUT2D eigenvalue weighted by molar-refractivity contribution is 0.308. The minimum absolute atomic E-state index is 0.333. The van der Waals surface area contributed by atoms with E-state index in [1.54, 1.807) is 0 Å². The molecule has 0 spiro atoms. The zero-order chi connectivity index (χ0) is 18.4. The van der Waals surface area contributed by atoms with Gasteiger partial charge in [-0.2, -0.15) is 5.26 Å². The molecule has 0 saturated heterocycles. The van der Waals surface area contributed by atoms with Crippen molar-refractivity contribution in [2.75, 3.05) is 20.1 Å². The van der Waals surface area contributed by atoms with Gasteiger partial charge < -0.3 is 4.90 Å². The standard InChI is InChI=1S/C23H27BrN2/c1-26(17-14-19-8-3-2-4-9-19)16-7-15-23(18-25,20-12-13-20)21-10-5-6-11-22(21)24/h2-6,8-11,20H,7,12-17H2,1H3. The summed E-state index contributed by atoms with van der Waals surface area (Å²) in [6.45, 7) is 2.09. The van der Waals surface area contributed by atoms with Crippen molar-refractivity contribution in [2.24, 2.45) is 5.92 Å². The van der Waals surface area contributed by atoms with Gasteiger partial charge in [0.25, 0.3) is 0 Å². The fourth-order valence-electron chi connectivity index (χ4n) is 3.87. The van der Waals surface area contributed by atoms with Crippen LogP contribution < -0.4 is 0 Å². The second kappa shape index (κ2) is 8.84. The van der Waals surface area contributed by atoms with Crippen molar-refractivity contribution in [1.82, 2.24) is 4.90 Å². The molecule has 1 aliphatic carbocycles. The summed E-state index contributed by atoms with van der Waals surface area (Å²) >= 11 is 3.68. The monoisotopic (exact) mass is 410 g/mol. The van der Waals surface area contributed by atoms with Crippen molar-refractivity contribution in [3.8, 4) is 6.07 Å². The van der Waals surface area contributed by atoms with Gasteiger partial charge in [0, 0.05) is 11.0 Å². The fourth-order valence-corrected chi connectivity index (χ4v) is 4.51. The summed E-state index contributed by atoms with van der Waals surface area (Å²) in [5.74, 6) is 0.515. The molecular formula is C23H27BrN2. The van der Waals surface area contributed by atoms with Gasteiger partial charge in [-0.1, -0.05) is 64.5 Å². The molecule has 2 nitrogen and oxygen atoms in total. The highest BCUT2D eigenvalue weighted by Crippen LogP contribution is 2.51. The Bertz CT molecular complexity index is 748. The zero-order valence-electron chi connectivity index (χ0n) is 15.5. The molecule has 26 heavy (non-hydrogen) atoms. The number of halogens is 1. The highest BCUT2D eigenvalue weighted by Gasteiger charge is 2.47. The predicted octanol–water partition coefficient (Wildman–Crippen LogP) is 5.58. The number of benzene rings is 2. The summed E-state index contributed by atoms with van der Waals surface area (Å²) in [6, 6.07) is 21.6. The second-order valence-corrected chi connectivity index (χ2v) is 8.33. The number of likely N-dealkylation sites (N-methyl/N-ethyl adjacent to an activating group) is 1. The molecule has 3 heteroatoms. The molecule has 1 fully saturated rings. The summed E-state index contributed by atoms with van der Waals surface area (Å²) in [7, 11) is 2.19. The van der Waals surface area contributed by atoms with Crippen LogP contribution in [0.25, 0.3) is 0 Å². The van der Waals surface area contributed by atoms with Gasteiger partial charge in [-0.3, -0.25) is 0 Å². The molecular weight excluding hydrogens is 384 g/mol. The predicted molar refractivity (Wildman–Crippen MR) is 111 cm³/mol. The summed E-state index contributed by atoms with van der Waals surface area (Å²) < 4.78 is 1.07. The Hall–Kier alpha value is -1.63. The second-order valence-electron chi connectivity index (χ2n) is 7.48. The van der Waals surface area contributed by atoms with Crippen LogP contribution >= 0.6 is 15.9 Å². The van der Waals surface area contributed by atoms with Crippen molar-refractivity contribution < 1.29 is 0 Å². The maximum atomic E-state index is 10.1. The summed E-state index contributed by atoms with van der Waals surface area (Å²) in [6.07, 6.45) is 5.42. The Kier molecular flexibility index (Phi) is 6.51. The van der Waals surface area contributed by atoms with Crippen LogP contribution in [-0.2, 0) is 11.8 Å². The summed E-state index contributed by atoms with van der Waals surface area (Å²) in [5, 5.41) is 10.1. The Morgan fingerprint density at radius 2 is 1.77 bits per heavy atom. The van der Waals surface area contributed by atoms with Crippen molar-refractivity contribution in [3.05, 3.63) is 70.2 Å². The lowest BCUT2D eigenvalue weighted by Crippen LogP contribution is -2.30. The van der Waals surface area contributed by atoms with Crippen LogP contribution in [0.2, 0.25) is 0 Å². The highest BCUT2D eigenvalue weighted by atomic mass is 79.9. The number of nitrogens with zero attached hydrogens (tertiary/aromatic N) is 2. The molecule has 2 aromatic rings. The van der Waals surface area contributed by atoms with Crippen molar-refractivity contribution in [1.29, 1.82) is 5.26 Å². The molecule has 0 bridgehead atoms. The van der Waals surface area contributed by atoms with Crippen LogP contribution in [0.5, 0.6) is 0 Å². The molecule has 1 atom stereocenters. The third kappa shape index (κ3) is 4.55. The van der Waals surface area contributed by atoms with E-state index in [0.29, 0.717) is 5.92 Å². The van der Waals surface area contributed by atoms with E-state index in [-0.39, 0.29) is 5.41 Å². The van der Waals surface area contributed by atoms with Crippen molar-refractivity contribution >= 4 is 15.9 Å². The zero-order valence-corrected chi connectivity index (χ0v) is 17.1. The van der Waals surface area contributed by atoms with Gasteiger partial charge in [0.15, 0.2) is 0 Å². The van der Waals surface area contributed by atoms with E-state index in [1.165, 1.54) is 24.0 Å². The van der Waals surface area contributed by atoms with Gasteiger partial charge in [0.05, 0.1) is 11.5 Å².